The zero-order valence-corrected chi connectivity index (χ0v) is 11.6. The summed E-state index contributed by atoms with van der Waals surface area (Å²) in [6.07, 6.45) is 16.9. The monoisotopic (exact) mass is 245 g/mol. The lowest BCUT2D eigenvalue weighted by molar-refractivity contribution is -0.310. The number of nitrogens with two attached hydrogens (primary N) is 1. The molecule has 3 spiro atoms. The second-order valence-electron chi connectivity index (χ2n) is 8.70. The summed E-state index contributed by atoms with van der Waals surface area (Å²) in [6, 6.07) is 0.560. The molecule has 4 unspecified atom stereocenters. The van der Waals surface area contributed by atoms with Crippen molar-refractivity contribution >= 4 is 0 Å². The Morgan fingerprint density at radius 3 is 2.17 bits per heavy atom. The summed E-state index contributed by atoms with van der Waals surface area (Å²) in [5, 5.41) is 0. The van der Waals surface area contributed by atoms with Gasteiger partial charge < -0.3 is 5.73 Å². The Morgan fingerprint density at radius 2 is 1.61 bits per heavy atom. The molecule has 0 aliphatic heterocycles. The Labute approximate surface area is 111 Å². The van der Waals surface area contributed by atoms with Gasteiger partial charge in [-0.2, -0.15) is 0 Å². The van der Waals surface area contributed by atoms with E-state index in [0.29, 0.717) is 6.04 Å². The van der Waals surface area contributed by atoms with Crippen LogP contribution in [0.2, 0.25) is 0 Å². The van der Waals surface area contributed by atoms with E-state index in [1.165, 1.54) is 32.1 Å². The van der Waals surface area contributed by atoms with Gasteiger partial charge in [0.05, 0.1) is 0 Å². The van der Waals surface area contributed by atoms with E-state index in [9.17, 15) is 0 Å². The second-order valence-corrected chi connectivity index (χ2v) is 8.70. The van der Waals surface area contributed by atoms with Crippen LogP contribution in [-0.2, 0) is 0 Å². The summed E-state index contributed by atoms with van der Waals surface area (Å²) in [5.41, 5.74) is 8.85. The van der Waals surface area contributed by atoms with Crippen molar-refractivity contribution in [3.05, 3.63) is 0 Å². The third kappa shape index (κ3) is 0.930. The van der Waals surface area contributed by atoms with Gasteiger partial charge in [-0.05, 0) is 85.9 Å². The number of hydrogen-bond donors (Lipinski definition) is 1. The number of rotatable bonds is 0. The fourth-order valence-corrected chi connectivity index (χ4v) is 7.64. The largest absolute Gasteiger partial charge is 0.327 e. The first kappa shape index (κ1) is 10.7. The molecule has 5 fully saturated rings. The lowest BCUT2D eigenvalue weighted by Gasteiger charge is -2.80. The first-order chi connectivity index (χ1) is 8.69. The van der Waals surface area contributed by atoms with Crippen molar-refractivity contribution in [3.63, 3.8) is 0 Å². The lowest BCUT2D eigenvalue weighted by atomic mass is 9.24. The third-order valence-electron chi connectivity index (χ3n) is 8.40. The van der Waals surface area contributed by atoms with Crippen LogP contribution in [0.1, 0.15) is 70.6 Å². The summed E-state index contributed by atoms with van der Waals surface area (Å²) < 4.78 is 0. The van der Waals surface area contributed by atoms with Crippen molar-refractivity contribution in [3.8, 4) is 0 Å². The molecule has 0 aromatic heterocycles. The summed E-state index contributed by atoms with van der Waals surface area (Å²) in [5.74, 6) is 1.91. The quantitative estimate of drug-likeness (QED) is 0.689. The maximum absolute atomic E-state index is 6.38. The van der Waals surface area contributed by atoms with Crippen molar-refractivity contribution in [2.24, 2.45) is 33.8 Å². The predicted molar refractivity (Wildman–Crippen MR) is 73.0 cm³/mol. The van der Waals surface area contributed by atoms with E-state index < -0.39 is 0 Å². The molecule has 5 aliphatic rings. The van der Waals surface area contributed by atoms with Gasteiger partial charge in [0, 0.05) is 6.04 Å². The molecule has 4 atom stereocenters. The molecule has 0 heterocycles. The zero-order valence-electron chi connectivity index (χ0n) is 11.6. The fourth-order valence-electron chi connectivity index (χ4n) is 7.64. The van der Waals surface area contributed by atoms with E-state index >= 15 is 0 Å². The molecule has 0 radical (unpaired) electrons. The molecule has 18 heavy (non-hydrogen) atoms. The van der Waals surface area contributed by atoms with Gasteiger partial charge in [0.1, 0.15) is 0 Å². The van der Waals surface area contributed by atoms with E-state index in [2.05, 4.69) is 0 Å². The van der Waals surface area contributed by atoms with E-state index in [1.807, 2.05) is 0 Å². The minimum atomic E-state index is 0.560. The minimum Gasteiger partial charge on any atom is -0.327 e. The van der Waals surface area contributed by atoms with Crippen LogP contribution in [0.15, 0.2) is 0 Å². The van der Waals surface area contributed by atoms with Gasteiger partial charge in [-0.15, -0.1) is 0 Å². The van der Waals surface area contributed by atoms with Gasteiger partial charge in [0.25, 0.3) is 0 Å². The Balaban J connectivity index is 1.50. The van der Waals surface area contributed by atoms with Gasteiger partial charge in [-0.1, -0.05) is 12.8 Å². The van der Waals surface area contributed by atoms with Crippen molar-refractivity contribution in [1.82, 2.24) is 0 Å². The maximum Gasteiger partial charge on any atom is 0.00701 e. The van der Waals surface area contributed by atoms with E-state index in [-0.39, 0.29) is 0 Å². The fraction of sp³-hybridized carbons (Fsp3) is 1.00. The van der Waals surface area contributed by atoms with Crippen LogP contribution in [0.5, 0.6) is 0 Å². The molecule has 1 heteroatoms. The predicted octanol–water partition coefficient (Wildman–Crippen LogP) is 3.86. The number of fused-ring (bicyclic) bond motifs is 4. The van der Waals surface area contributed by atoms with Crippen LogP contribution in [0.25, 0.3) is 0 Å². The van der Waals surface area contributed by atoms with Crippen molar-refractivity contribution < 1.29 is 0 Å². The Hall–Kier alpha value is -0.0400. The standard InChI is InChI=1S/C17H27N/c18-14-8-12-7-13(14)10-16(9-12)11-15(3-1-4-15)17(16)5-2-6-17/h12-14H,1-11,18H2. The highest BCUT2D eigenvalue weighted by Crippen LogP contribution is 2.85. The van der Waals surface area contributed by atoms with Crippen LogP contribution in [0.4, 0.5) is 0 Å². The normalized spacial score (nSPS) is 54.2. The van der Waals surface area contributed by atoms with Gasteiger partial charge >= 0.3 is 0 Å². The van der Waals surface area contributed by atoms with E-state index in [1.54, 1.807) is 38.5 Å². The molecule has 2 bridgehead atoms. The average Bonchev–Trinajstić information content (AvgIpc) is 2.44. The van der Waals surface area contributed by atoms with Gasteiger partial charge in [0.2, 0.25) is 0 Å². The smallest absolute Gasteiger partial charge is 0.00701 e. The maximum atomic E-state index is 6.38. The highest BCUT2D eigenvalue weighted by molar-refractivity contribution is 5.26. The molecule has 1 nitrogen and oxygen atoms in total. The van der Waals surface area contributed by atoms with E-state index in [0.717, 1.165) is 28.1 Å². The molecule has 5 aliphatic carbocycles. The van der Waals surface area contributed by atoms with E-state index in [4.69, 9.17) is 5.73 Å². The van der Waals surface area contributed by atoms with Crippen molar-refractivity contribution in [1.29, 1.82) is 0 Å². The molecule has 2 N–H and O–H groups in total. The zero-order chi connectivity index (χ0) is 12.0. The van der Waals surface area contributed by atoms with Gasteiger partial charge in [-0.25, -0.2) is 0 Å². The first-order valence-electron chi connectivity index (χ1n) is 8.44. The summed E-state index contributed by atoms with van der Waals surface area (Å²) in [4.78, 5) is 0. The molecular weight excluding hydrogens is 218 g/mol. The highest BCUT2D eigenvalue weighted by Gasteiger charge is 2.76. The molecule has 100 valence electrons. The summed E-state index contributed by atoms with van der Waals surface area (Å²) >= 11 is 0. The molecule has 5 saturated carbocycles. The van der Waals surface area contributed by atoms with Gasteiger partial charge in [-0.3, -0.25) is 0 Å². The third-order valence-corrected chi connectivity index (χ3v) is 8.40. The second kappa shape index (κ2) is 3.00. The molecule has 0 aromatic rings. The first-order valence-corrected chi connectivity index (χ1v) is 8.44. The molecule has 0 aromatic carbocycles. The molecule has 0 amide bonds. The SMILES string of the molecule is NC1CC2CC1CC1(C2)CC2(CCC2)C12CCC2. The molecule has 0 saturated heterocycles. The number of hydrogen-bond acceptors (Lipinski definition) is 1. The Morgan fingerprint density at radius 1 is 0.833 bits per heavy atom. The van der Waals surface area contributed by atoms with Crippen LogP contribution in [0, 0.1) is 28.1 Å². The van der Waals surface area contributed by atoms with Crippen molar-refractivity contribution in [2.75, 3.05) is 0 Å². The Kier molecular flexibility index (Phi) is 1.78. The summed E-state index contributed by atoms with van der Waals surface area (Å²) in [7, 11) is 0. The van der Waals surface area contributed by atoms with Crippen LogP contribution < -0.4 is 5.73 Å². The minimum absolute atomic E-state index is 0.560. The topological polar surface area (TPSA) is 26.0 Å². The van der Waals surface area contributed by atoms with Gasteiger partial charge in [0.15, 0.2) is 0 Å². The van der Waals surface area contributed by atoms with Crippen molar-refractivity contribution in [2.45, 2.75) is 76.7 Å². The van der Waals surface area contributed by atoms with Crippen LogP contribution >= 0.6 is 0 Å². The lowest BCUT2D eigenvalue weighted by Crippen LogP contribution is -2.72. The molecular formula is C17H27N. The van der Waals surface area contributed by atoms with Crippen LogP contribution in [-0.4, -0.2) is 6.04 Å². The Bertz CT molecular complexity index is 386. The summed E-state index contributed by atoms with van der Waals surface area (Å²) in [6.45, 7) is 0. The highest BCUT2D eigenvalue weighted by atomic mass is 14.8. The van der Waals surface area contributed by atoms with Crippen LogP contribution in [0.3, 0.4) is 0 Å². The average molecular weight is 245 g/mol. The molecule has 5 rings (SSSR count).